The van der Waals surface area contributed by atoms with Gasteiger partial charge in [0.15, 0.2) is 0 Å². The molecule has 1 heterocycles. The number of rotatable bonds is 0. The number of nitrogens with one attached hydrogen (secondary N) is 1. The lowest BCUT2D eigenvalue weighted by Gasteiger charge is -2.17. The topological polar surface area (TPSA) is 75.1 Å². The van der Waals surface area contributed by atoms with Crippen molar-refractivity contribution in [2.24, 2.45) is 4.40 Å². The lowest BCUT2D eigenvalue weighted by atomic mass is 9.89. The van der Waals surface area contributed by atoms with Crippen LogP contribution in [-0.2, 0) is 0 Å². The number of halogens is 1. The molecule has 1 aliphatic rings. The van der Waals surface area contributed by atoms with E-state index in [-0.39, 0.29) is 0 Å². The zero-order valence-corrected chi connectivity index (χ0v) is 12.3. The van der Waals surface area contributed by atoms with Crippen LogP contribution in [-0.4, -0.2) is 21.7 Å². The first-order valence-corrected chi connectivity index (χ1v) is 6.56. The molecule has 1 aromatic carbocycles. The van der Waals surface area contributed by atoms with Crippen LogP contribution in [0.5, 0.6) is 0 Å². The van der Waals surface area contributed by atoms with E-state index in [0.717, 1.165) is 25.8 Å². The van der Waals surface area contributed by atoms with Crippen LogP contribution in [0.2, 0.25) is 0 Å². The van der Waals surface area contributed by atoms with E-state index in [1.807, 2.05) is 19.1 Å². The van der Waals surface area contributed by atoms with Crippen molar-refractivity contribution >= 4 is 63.9 Å². The highest BCUT2D eigenvalue weighted by Crippen LogP contribution is 2.31. The zero-order valence-electron chi connectivity index (χ0n) is 9.23. The Morgan fingerprint density at radius 3 is 2.83 bits per heavy atom. The summed E-state index contributed by atoms with van der Waals surface area (Å²) in [6.45, 7) is 1.89. The molecule has 0 saturated carbocycles. The number of hydrogen-bond donors (Lipinski definition) is 2. The quantitative estimate of drug-likeness (QED) is 0.553. The fourth-order valence-corrected chi connectivity index (χ4v) is 2.94. The number of allylic oxidation sites excluding steroid dienone is 1. The molecule has 1 aliphatic carbocycles. The molecule has 0 spiro atoms. The highest BCUT2D eigenvalue weighted by atomic mass is 127. The molecule has 0 bridgehead atoms. The second kappa shape index (κ2) is 4.16. The van der Waals surface area contributed by atoms with Gasteiger partial charge in [-0.1, -0.05) is 0 Å². The molecule has 1 aromatic heterocycles. The first-order valence-electron chi connectivity index (χ1n) is 5.08. The molecule has 7 heteroatoms. The monoisotopic (exact) mass is 370 g/mol. The molecule has 0 radical (unpaired) electrons. The van der Waals surface area contributed by atoms with Crippen molar-refractivity contribution in [3.63, 3.8) is 0 Å². The van der Waals surface area contributed by atoms with Crippen LogP contribution >= 0.6 is 35.4 Å². The van der Waals surface area contributed by atoms with E-state index < -0.39 is 0 Å². The summed E-state index contributed by atoms with van der Waals surface area (Å²) in [7, 11) is 0. The first kappa shape index (κ1) is 11.8. The third kappa shape index (κ3) is 1.53. The van der Waals surface area contributed by atoms with Crippen LogP contribution in [0.3, 0.4) is 0 Å². The molecule has 18 heavy (non-hydrogen) atoms. The molecule has 2 aromatic rings. The summed E-state index contributed by atoms with van der Waals surface area (Å²) in [4.78, 5) is 0. The minimum atomic E-state index is 0.350. The largest absolute Gasteiger partial charge is 0.298 e. The Labute approximate surface area is 122 Å². The van der Waals surface area contributed by atoms with Crippen LogP contribution < -0.4 is 0 Å². The predicted octanol–water partition coefficient (Wildman–Crippen LogP) is 2.90. The highest BCUT2D eigenvalue weighted by molar-refractivity contribution is 14.1. The normalized spacial score (nSPS) is 17.2. The van der Waals surface area contributed by atoms with E-state index >= 15 is 0 Å². The van der Waals surface area contributed by atoms with Gasteiger partial charge in [-0.3, -0.25) is 5.41 Å². The van der Waals surface area contributed by atoms with Gasteiger partial charge in [0.2, 0.25) is 0 Å². The van der Waals surface area contributed by atoms with Gasteiger partial charge in [-0.2, -0.15) is 0 Å². The molecule has 0 atom stereocenters. The maximum absolute atomic E-state index is 8.18. The lowest BCUT2D eigenvalue weighted by Crippen LogP contribution is -2.20. The maximum atomic E-state index is 8.18. The molecule has 0 saturated heterocycles. The van der Waals surface area contributed by atoms with Gasteiger partial charge < -0.3 is 0 Å². The third-order valence-electron chi connectivity index (χ3n) is 2.87. The summed E-state index contributed by atoms with van der Waals surface area (Å²) in [6.07, 6.45) is 1.94. The standard InChI is InChI=1S/C11H7IN4OS/c1-4-2-6-5(8(13)9(4)16-18)3-7(12)11-10(6)14-17-15-11/h2-3,13,18H,1H3/b13-8?,16-9-. The molecule has 0 unspecified atom stereocenters. The van der Waals surface area contributed by atoms with E-state index in [1.54, 1.807) is 0 Å². The Hall–Kier alpha value is -1.22. The van der Waals surface area contributed by atoms with Crippen molar-refractivity contribution in [3.8, 4) is 0 Å². The van der Waals surface area contributed by atoms with Gasteiger partial charge in [-0.05, 0) is 70.4 Å². The number of hydrogen-bond acceptors (Lipinski definition) is 6. The van der Waals surface area contributed by atoms with Crippen LogP contribution in [0.4, 0.5) is 0 Å². The number of fused-ring (bicyclic) bond motifs is 3. The average molecular weight is 370 g/mol. The van der Waals surface area contributed by atoms with Gasteiger partial charge in [-0.15, -0.1) is 0 Å². The van der Waals surface area contributed by atoms with Gasteiger partial charge >= 0.3 is 0 Å². The molecular formula is C11H7IN4OS. The number of thiol groups is 1. The van der Waals surface area contributed by atoms with E-state index in [4.69, 9.17) is 10.0 Å². The summed E-state index contributed by atoms with van der Waals surface area (Å²) in [6, 6.07) is 1.90. The number of benzene rings is 1. The Bertz CT molecular complexity index is 747. The SMILES string of the molecule is CC1=Cc2c(cc(I)c3nonc23)C(=N)/C1=N\S. The van der Waals surface area contributed by atoms with Crippen LogP contribution in [0.1, 0.15) is 18.1 Å². The van der Waals surface area contributed by atoms with E-state index in [9.17, 15) is 0 Å². The summed E-state index contributed by atoms with van der Waals surface area (Å²) in [5.41, 5.74) is 4.85. The van der Waals surface area contributed by atoms with Crippen molar-refractivity contribution in [1.82, 2.24) is 10.3 Å². The number of aromatic nitrogens is 2. The van der Waals surface area contributed by atoms with Gasteiger partial charge in [0.1, 0.15) is 11.0 Å². The first-order chi connectivity index (χ1) is 8.63. The molecule has 90 valence electrons. The fourth-order valence-electron chi connectivity index (χ4n) is 2.01. The summed E-state index contributed by atoms with van der Waals surface area (Å²) < 4.78 is 9.55. The Morgan fingerprint density at radius 1 is 1.39 bits per heavy atom. The van der Waals surface area contributed by atoms with Crippen molar-refractivity contribution in [3.05, 3.63) is 26.3 Å². The van der Waals surface area contributed by atoms with Gasteiger partial charge in [0.05, 0.1) is 11.4 Å². The summed E-state index contributed by atoms with van der Waals surface area (Å²) >= 11 is 6.08. The molecule has 3 rings (SSSR count). The molecule has 5 nitrogen and oxygen atoms in total. The maximum Gasteiger partial charge on any atom is 0.149 e. The predicted molar refractivity (Wildman–Crippen MR) is 81.4 cm³/mol. The van der Waals surface area contributed by atoms with Gasteiger partial charge in [-0.25, -0.2) is 9.03 Å². The minimum Gasteiger partial charge on any atom is -0.298 e. The molecular weight excluding hydrogens is 363 g/mol. The second-order valence-corrected chi connectivity index (χ2v) is 5.29. The van der Waals surface area contributed by atoms with Crippen LogP contribution in [0.25, 0.3) is 17.1 Å². The number of nitrogens with zero attached hydrogens (tertiary/aromatic N) is 3. The smallest absolute Gasteiger partial charge is 0.149 e. The van der Waals surface area contributed by atoms with Crippen molar-refractivity contribution < 1.29 is 4.63 Å². The second-order valence-electron chi connectivity index (χ2n) is 3.93. The van der Waals surface area contributed by atoms with Crippen LogP contribution in [0, 0.1) is 8.98 Å². The molecule has 0 amide bonds. The minimum absolute atomic E-state index is 0.350. The van der Waals surface area contributed by atoms with Crippen molar-refractivity contribution in [2.45, 2.75) is 6.92 Å². The van der Waals surface area contributed by atoms with E-state index in [1.165, 1.54) is 0 Å². The molecule has 0 fully saturated rings. The van der Waals surface area contributed by atoms with Gasteiger partial charge in [0, 0.05) is 14.7 Å². The van der Waals surface area contributed by atoms with E-state index in [0.29, 0.717) is 16.9 Å². The third-order valence-corrected chi connectivity index (χ3v) is 3.89. The summed E-state index contributed by atoms with van der Waals surface area (Å²) in [5, 5.41) is 16.0. The Kier molecular flexibility index (Phi) is 2.74. The Morgan fingerprint density at radius 2 is 2.11 bits per heavy atom. The molecule has 0 aliphatic heterocycles. The van der Waals surface area contributed by atoms with Crippen molar-refractivity contribution in [1.29, 1.82) is 5.41 Å². The van der Waals surface area contributed by atoms with Gasteiger partial charge in [0.25, 0.3) is 0 Å². The molecule has 1 N–H and O–H groups in total. The van der Waals surface area contributed by atoms with E-state index in [2.05, 4.69) is 50.1 Å². The van der Waals surface area contributed by atoms with Crippen LogP contribution in [0.15, 0.2) is 20.7 Å². The highest BCUT2D eigenvalue weighted by Gasteiger charge is 2.24. The Balaban J connectivity index is 2.44. The fraction of sp³-hybridized carbons (Fsp3) is 0.0909. The van der Waals surface area contributed by atoms with Crippen molar-refractivity contribution in [2.75, 3.05) is 0 Å². The average Bonchev–Trinajstić information content (AvgIpc) is 2.82. The summed E-state index contributed by atoms with van der Waals surface area (Å²) in [5.74, 6) is 0. The zero-order chi connectivity index (χ0) is 12.9. The lowest BCUT2D eigenvalue weighted by molar-refractivity contribution is 0.315.